The molecule has 0 saturated heterocycles. The molecule has 3 heteroatoms. The lowest BCUT2D eigenvalue weighted by Gasteiger charge is -2.27. The Hall–Kier alpha value is -0.930. The molecule has 20 heavy (non-hydrogen) atoms. The monoisotopic (exact) mass is 288 g/mol. The quantitative estimate of drug-likeness (QED) is 0.844. The van der Waals surface area contributed by atoms with E-state index in [1.807, 2.05) is 12.1 Å². The fourth-order valence-corrected chi connectivity index (χ4v) is 4.45. The average Bonchev–Trinajstić information content (AvgIpc) is 3.01. The van der Waals surface area contributed by atoms with Gasteiger partial charge in [0.05, 0.1) is 0 Å². The second-order valence-corrected chi connectivity index (χ2v) is 7.09. The van der Waals surface area contributed by atoms with Crippen molar-refractivity contribution in [3.63, 3.8) is 0 Å². The molecule has 2 N–H and O–H groups in total. The van der Waals surface area contributed by atoms with Crippen LogP contribution >= 0.6 is 12.2 Å². The Bertz CT molecular complexity index is 500. The number of rotatable bonds is 5. The molecule has 0 radical (unpaired) electrons. The summed E-state index contributed by atoms with van der Waals surface area (Å²) in [6.07, 6.45) is 5.88. The van der Waals surface area contributed by atoms with Crippen LogP contribution in [0.2, 0.25) is 0 Å². The Morgan fingerprint density at radius 2 is 2.10 bits per heavy atom. The van der Waals surface area contributed by atoms with Gasteiger partial charge >= 0.3 is 0 Å². The Balaban J connectivity index is 1.61. The summed E-state index contributed by atoms with van der Waals surface area (Å²) >= 11 is 5.15. The summed E-state index contributed by atoms with van der Waals surface area (Å²) < 4.78 is 0. The molecule has 0 spiro atoms. The zero-order chi connectivity index (χ0) is 14.1. The van der Waals surface area contributed by atoms with E-state index in [1.165, 1.54) is 37.8 Å². The highest BCUT2D eigenvalue weighted by molar-refractivity contribution is 7.80. The number of nitrogens with zero attached hydrogens (tertiary/aromatic N) is 1. The molecular weight excluding hydrogens is 264 g/mol. The van der Waals surface area contributed by atoms with Gasteiger partial charge in [-0.15, -0.1) is 0 Å². The number of fused-ring (bicyclic) bond motifs is 2. The van der Waals surface area contributed by atoms with Crippen LogP contribution in [-0.4, -0.2) is 23.5 Å². The van der Waals surface area contributed by atoms with E-state index in [-0.39, 0.29) is 0 Å². The van der Waals surface area contributed by atoms with Crippen LogP contribution in [0.3, 0.4) is 0 Å². The molecule has 3 rings (SSSR count). The van der Waals surface area contributed by atoms with Crippen LogP contribution in [-0.2, 0) is 6.54 Å². The van der Waals surface area contributed by atoms with Gasteiger partial charge in [-0.05, 0) is 49.6 Å². The van der Waals surface area contributed by atoms with Crippen molar-refractivity contribution in [1.82, 2.24) is 4.90 Å². The van der Waals surface area contributed by atoms with Crippen molar-refractivity contribution in [1.29, 1.82) is 0 Å². The standard InChI is InChI=1S/C17H24N2S/c1-19(11-15-9-12-6-7-13(15)8-12)10-14-4-2-3-5-16(14)17(18)20/h2-5,12-13,15H,6-11H2,1H3,(H2,18,20). The van der Waals surface area contributed by atoms with Gasteiger partial charge in [-0.25, -0.2) is 0 Å². The SMILES string of the molecule is CN(Cc1ccccc1C(N)=S)CC1CC2CCC1C2. The number of hydrogen-bond acceptors (Lipinski definition) is 2. The lowest BCUT2D eigenvalue weighted by molar-refractivity contribution is 0.214. The molecule has 2 fully saturated rings. The fourth-order valence-electron chi connectivity index (χ4n) is 4.25. The van der Waals surface area contributed by atoms with Crippen molar-refractivity contribution in [2.45, 2.75) is 32.2 Å². The van der Waals surface area contributed by atoms with E-state index in [2.05, 4.69) is 24.1 Å². The van der Waals surface area contributed by atoms with E-state index >= 15 is 0 Å². The maximum absolute atomic E-state index is 5.82. The topological polar surface area (TPSA) is 29.3 Å². The zero-order valence-electron chi connectivity index (χ0n) is 12.2. The van der Waals surface area contributed by atoms with Gasteiger partial charge in [-0.3, -0.25) is 0 Å². The first-order valence-corrected chi connectivity index (χ1v) is 8.10. The van der Waals surface area contributed by atoms with Crippen LogP contribution in [0.5, 0.6) is 0 Å². The second-order valence-electron chi connectivity index (χ2n) is 6.65. The van der Waals surface area contributed by atoms with Crippen LogP contribution in [0.15, 0.2) is 24.3 Å². The predicted molar refractivity (Wildman–Crippen MR) is 87.6 cm³/mol. The van der Waals surface area contributed by atoms with Crippen LogP contribution in [0.1, 0.15) is 36.8 Å². The molecule has 2 aliphatic rings. The molecule has 108 valence electrons. The minimum Gasteiger partial charge on any atom is -0.389 e. The summed E-state index contributed by atoms with van der Waals surface area (Å²) in [7, 11) is 2.22. The predicted octanol–water partition coefficient (Wildman–Crippen LogP) is 3.19. The third kappa shape index (κ3) is 2.89. The second kappa shape index (κ2) is 5.82. The van der Waals surface area contributed by atoms with E-state index in [4.69, 9.17) is 18.0 Å². The first-order chi connectivity index (χ1) is 9.63. The molecule has 0 heterocycles. The molecule has 1 aromatic carbocycles. The van der Waals surface area contributed by atoms with E-state index in [9.17, 15) is 0 Å². The third-order valence-electron chi connectivity index (χ3n) is 5.15. The molecular formula is C17H24N2S. The van der Waals surface area contributed by atoms with Crippen molar-refractivity contribution in [2.75, 3.05) is 13.6 Å². The van der Waals surface area contributed by atoms with Crippen LogP contribution in [0, 0.1) is 17.8 Å². The average molecular weight is 288 g/mol. The van der Waals surface area contributed by atoms with Gasteiger partial charge in [0.2, 0.25) is 0 Å². The zero-order valence-corrected chi connectivity index (χ0v) is 13.0. The van der Waals surface area contributed by atoms with Crippen molar-refractivity contribution < 1.29 is 0 Å². The molecule has 2 aliphatic carbocycles. The van der Waals surface area contributed by atoms with Crippen molar-refractivity contribution >= 4 is 17.2 Å². The van der Waals surface area contributed by atoms with Crippen molar-refractivity contribution in [2.24, 2.45) is 23.5 Å². The number of hydrogen-bond donors (Lipinski definition) is 1. The normalized spacial score (nSPS) is 28.2. The van der Waals surface area contributed by atoms with Gasteiger partial charge in [0, 0.05) is 18.7 Å². The number of nitrogens with two attached hydrogens (primary N) is 1. The van der Waals surface area contributed by atoms with Gasteiger partial charge < -0.3 is 10.6 Å². The summed E-state index contributed by atoms with van der Waals surface area (Å²) in [5.74, 6) is 2.94. The fraction of sp³-hybridized carbons (Fsp3) is 0.588. The summed E-state index contributed by atoms with van der Waals surface area (Å²) in [6, 6.07) is 8.26. The Morgan fingerprint density at radius 1 is 1.30 bits per heavy atom. The van der Waals surface area contributed by atoms with E-state index in [0.717, 1.165) is 29.9 Å². The van der Waals surface area contributed by atoms with E-state index in [0.29, 0.717) is 4.99 Å². The minimum atomic E-state index is 0.508. The maximum Gasteiger partial charge on any atom is 0.104 e. The largest absolute Gasteiger partial charge is 0.389 e. The van der Waals surface area contributed by atoms with E-state index < -0.39 is 0 Å². The lowest BCUT2D eigenvalue weighted by Crippen LogP contribution is -2.29. The van der Waals surface area contributed by atoms with Gasteiger partial charge in [-0.2, -0.15) is 0 Å². The van der Waals surface area contributed by atoms with Crippen molar-refractivity contribution in [3.8, 4) is 0 Å². The molecule has 2 bridgehead atoms. The molecule has 2 nitrogen and oxygen atoms in total. The van der Waals surface area contributed by atoms with Crippen molar-refractivity contribution in [3.05, 3.63) is 35.4 Å². The summed E-state index contributed by atoms with van der Waals surface area (Å²) in [4.78, 5) is 2.96. The summed E-state index contributed by atoms with van der Waals surface area (Å²) in [5.41, 5.74) is 8.10. The van der Waals surface area contributed by atoms with Crippen LogP contribution < -0.4 is 5.73 Å². The highest BCUT2D eigenvalue weighted by Gasteiger charge is 2.39. The smallest absolute Gasteiger partial charge is 0.104 e. The first kappa shape index (κ1) is 14.0. The van der Waals surface area contributed by atoms with Gasteiger partial charge in [-0.1, -0.05) is 42.9 Å². The molecule has 0 aliphatic heterocycles. The highest BCUT2D eigenvalue weighted by atomic mass is 32.1. The first-order valence-electron chi connectivity index (χ1n) is 7.69. The van der Waals surface area contributed by atoms with Gasteiger partial charge in [0.1, 0.15) is 4.99 Å². The van der Waals surface area contributed by atoms with Gasteiger partial charge in [0.25, 0.3) is 0 Å². The molecule has 2 saturated carbocycles. The molecule has 1 aromatic rings. The molecule has 3 atom stereocenters. The molecule has 0 amide bonds. The van der Waals surface area contributed by atoms with Crippen LogP contribution in [0.25, 0.3) is 0 Å². The summed E-state index contributed by atoms with van der Waals surface area (Å²) in [6.45, 7) is 2.16. The lowest BCUT2D eigenvalue weighted by atomic mass is 9.88. The highest BCUT2D eigenvalue weighted by Crippen LogP contribution is 2.48. The minimum absolute atomic E-state index is 0.508. The molecule has 0 aromatic heterocycles. The third-order valence-corrected chi connectivity index (χ3v) is 5.37. The van der Waals surface area contributed by atoms with E-state index in [1.54, 1.807) is 0 Å². The Labute approximate surface area is 127 Å². The van der Waals surface area contributed by atoms with Crippen LogP contribution in [0.4, 0.5) is 0 Å². The maximum atomic E-state index is 5.82. The Morgan fingerprint density at radius 3 is 2.75 bits per heavy atom. The summed E-state index contributed by atoms with van der Waals surface area (Å²) in [5, 5.41) is 0. The molecule has 3 unspecified atom stereocenters. The van der Waals surface area contributed by atoms with Gasteiger partial charge in [0.15, 0.2) is 0 Å². The number of benzene rings is 1. The Kier molecular flexibility index (Phi) is 4.08. The number of thiocarbonyl (C=S) groups is 1.